The van der Waals surface area contributed by atoms with Gasteiger partial charge in [0.05, 0.1) is 7.11 Å². The summed E-state index contributed by atoms with van der Waals surface area (Å²) in [5.41, 5.74) is -2.37. The average molecular weight is 521 g/mol. The van der Waals surface area contributed by atoms with Crippen molar-refractivity contribution in [2.75, 3.05) is 7.11 Å². The van der Waals surface area contributed by atoms with Crippen LogP contribution in [-0.4, -0.2) is 22.8 Å². The summed E-state index contributed by atoms with van der Waals surface area (Å²) in [6.07, 6.45) is 4.09. The van der Waals surface area contributed by atoms with Gasteiger partial charge in [-0.15, -0.1) is 0 Å². The molecule has 0 atom stereocenters. The predicted molar refractivity (Wildman–Crippen MR) is 136 cm³/mol. The van der Waals surface area contributed by atoms with Crippen LogP contribution in [0, 0.1) is 0 Å². The molecule has 1 aromatic heterocycles. The number of hydrogen-bond acceptors (Lipinski definition) is 6. The largest absolute Gasteiger partial charge is 0.507 e. The zero-order chi connectivity index (χ0) is 26.8. The number of halogens is 3. The molecule has 192 valence electrons. The zero-order valence-electron chi connectivity index (χ0n) is 20.5. The van der Waals surface area contributed by atoms with Crippen LogP contribution >= 0.6 is 11.8 Å². The van der Waals surface area contributed by atoms with E-state index in [1.54, 1.807) is 0 Å². The highest BCUT2D eigenvalue weighted by Gasteiger charge is 2.30. The highest BCUT2D eigenvalue weighted by molar-refractivity contribution is 8.00. The maximum atomic E-state index is 13.5. The van der Waals surface area contributed by atoms with Gasteiger partial charge in [0.1, 0.15) is 22.5 Å². The monoisotopic (exact) mass is 520 g/mol. The quantitative estimate of drug-likeness (QED) is 0.248. The van der Waals surface area contributed by atoms with Crippen LogP contribution in [0.2, 0.25) is 0 Å². The topological polar surface area (TPSA) is 79.9 Å². The van der Waals surface area contributed by atoms with Gasteiger partial charge in [-0.3, -0.25) is 4.79 Å². The molecule has 9 heteroatoms. The Kier molecular flexibility index (Phi) is 8.13. The third-order valence-corrected chi connectivity index (χ3v) is 6.16. The fourth-order valence-electron chi connectivity index (χ4n) is 3.68. The molecule has 0 saturated heterocycles. The Hall–Kier alpha value is -3.33. The van der Waals surface area contributed by atoms with Gasteiger partial charge in [-0.2, -0.15) is 13.2 Å². The lowest BCUT2D eigenvalue weighted by Crippen LogP contribution is -2.10. The summed E-state index contributed by atoms with van der Waals surface area (Å²) in [5.74, 6) is -0.823. The van der Waals surface area contributed by atoms with Gasteiger partial charge in [0.15, 0.2) is 5.76 Å². The average Bonchev–Trinajstić information content (AvgIpc) is 2.77. The molecule has 0 unspecified atom stereocenters. The van der Waals surface area contributed by atoms with E-state index in [9.17, 15) is 28.2 Å². The third kappa shape index (κ3) is 5.90. The number of allylic oxidation sites excluding steroid dienone is 4. The highest BCUT2D eigenvalue weighted by atomic mass is 32.2. The maximum absolute atomic E-state index is 13.5. The van der Waals surface area contributed by atoms with Crippen molar-refractivity contribution in [3.05, 3.63) is 68.9 Å². The molecule has 2 aromatic carbocycles. The SMILES string of the molecule is COc1c(-c2ccc(SC(F)(F)F)cc2)oc2c(CC=C(C)C)c(O)c(CC=C(C)C)c(O)c2c1=O. The number of benzene rings is 2. The van der Waals surface area contributed by atoms with E-state index >= 15 is 0 Å². The fraction of sp³-hybridized carbons (Fsp3) is 0.296. The summed E-state index contributed by atoms with van der Waals surface area (Å²) in [4.78, 5) is 13.5. The molecular formula is C27H27F3O5S. The van der Waals surface area contributed by atoms with E-state index in [1.807, 2.05) is 39.8 Å². The summed E-state index contributed by atoms with van der Waals surface area (Å²) in [6.45, 7) is 7.52. The van der Waals surface area contributed by atoms with Crippen molar-refractivity contribution in [1.82, 2.24) is 0 Å². The minimum absolute atomic E-state index is 0.0157. The molecule has 0 bridgehead atoms. The second kappa shape index (κ2) is 10.7. The molecule has 1 heterocycles. The lowest BCUT2D eigenvalue weighted by Gasteiger charge is -2.16. The van der Waals surface area contributed by atoms with Crippen LogP contribution in [0.5, 0.6) is 17.2 Å². The van der Waals surface area contributed by atoms with Crippen molar-refractivity contribution < 1.29 is 32.5 Å². The molecule has 0 radical (unpaired) electrons. The van der Waals surface area contributed by atoms with Gasteiger partial charge in [-0.05, 0) is 76.6 Å². The summed E-state index contributed by atoms with van der Waals surface area (Å²) in [7, 11) is 1.26. The first kappa shape index (κ1) is 27.3. The smallest absolute Gasteiger partial charge is 0.446 e. The van der Waals surface area contributed by atoms with E-state index in [0.717, 1.165) is 11.1 Å². The van der Waals surface area contributed by atoms with E-state index in [1.165, 1.54) is 31.4 Å². The molecule has 5 nitrogen and oxygen atoms in total. The van der Waals surface area contributed by atoms with E-state index in [4.69, 9.17) is 9.15 Å². The molecule has 0 aliphatic carbocycles. The van der Waals surface area contributed by atoms with Crippen molar-refractivity contribution in [3.8, 4) is 28.6 Å². The molecule has 0 fully saturated rings. The summed E-state index contributed by atoms with van der Waals surface area (Å²) < 4.78 is 49.6. The number of rotatable bonds is 7. The molecule has 0 saturated carbocycles. The Morgan fingerprint density at radius 1 is 0.972 bits per heavy atom. The Labute approximate surface area is 210 Å². The number of fused-ring (bicyclic) bond motifs is 1. The fourth-order valence-corrected chi connectivity index (χ4v) is 4.22. The van der Waals surface area contributed by atoms with Crippen molar-refractivity contribution in [3.63, 3.8) is 0 Å². The molecule has 36 heavy (non-hydrogen) atoms. The predicted octanol–water partition coefficient (Wildman–Crippen LogP) is 7.51. The van der Waals surface area contributed by atoms with Crippen molar-refractivity contribution in [2.45, 2.75) is 50.9 Å². The second-order valence-electron chi connectivity index (χ2n) is 8.70. The van der Waals surface area contributed by atoms with E-state index in [0.29, 0.717) is 11.1 Å². The van der Waals surface area contributed by atoms with E-state index < -0.39 is 16.7 Å². The van der Waals surface area contributed by atoms with E-state index in [-0.39, 0.29) is 63.3 Å². The van der Waals surface area contributed by atoms with Crippen molar-refractivity contribution in [1.29, 1.82) is 0 Å². The van der Waals surface area contributed by atoms with Gasteiger partial charge in [0.2, 0.25) is 11.2 Å². The van der Waals surface area contributed by atoms with Crippen molar-refractivity contribution >= 4 is 22.7 Å². The molecule has 3 rings (SSSR count). The van der Waals surface area contributed by atoms with Gasteiger partial charge >= 0.3 is 5.51 Å². The van der Waals surface area contributed by atoms with Gasteiger partial charge in [0, 0.05) is 21.6 Å². The standard InChI is InChI=1S/C27H27F3O5S/c1-14(2)6-12-18-21(31)19(13-7-15(3)4)25-20(22(18)32)23(33)26(34-5)24(35-25)16-8-10-17(11-9-16)36-27(28,29)30/h6-11,31-32H,12-13H2,1-5H3. The minimum Gasteiger partial charge on any atom is -0.507 e. The Morgan fingerprint density at radius 3 is 2.03 bits per heavy atom. The molecule has 0 spiro atoms. The molecule has 2 N–H and O–H groups in total. The van der Waals surface area contributed by atoms with Crippen LogP contribution in [-0.2, 0) is 12.8 Å². The molecular weight excluding hydrogens is 493 g/mol. The number of phenolic OH excluding ortho intramolecular Hbond substituents is 2. The number of aromatic hydroxyl groups is 2. The zero-order valence-corrected chi connectivity index (χ0v) is 21.4. The lowest BCUT2D eigenvalue weighted by molar-refractivity contribution is -0.0328. The Morgan fingerprint density at radius 2 is 1.53 bits per heavy atom. The molecule has 0 amide bonds. The summed E-state index contributed by atoms with van der Waals surface area (Å²) in [5, 5.41) is 22.0. The molecule has 0 aliphatic rings. The van der Waals surface area contributed by atoms with Crippen molar-refractivity contribution in [2.24, 2.45) is 0 Å². The van der Waals surface area contributed by atoms with Gasteiger partial charge < -0.3 is 19.4 Å². The number of alkyl halides is 3. The third-order valence-electron chi connectivity index (χ3n) is 5.42. The molecule has 0 aliphatic heterocycles. The van der Waals surface area contributed by atoms with Gasteiger partial charge in [-0.25, -0.2) is 0 Å². The van der Waals surface area contributed by atoms with Crippen LogP contribution in [0.25, 0.3) is 22.3 Å². The summed E-state index contributed by atoms with van der Waals surface area (Å²) in [6, 6.07) is 5.30. The number of thioether (sulfide) groups is 1. The minimum atomic E-state index is -4.44. The van der Waals surface area contributed by atoms with E-state index in [2.05, 4.69) is 0 Å². The number of phenols is 2. The Balaban J connectivity index is 2.34. The first-order chi connectivity index (χ1) is 16.8. The number of methoxy groups -OCH3 is 1. The van der Waals surface area contributed by atoms with Crippen LogP contribution in [0.3, 0.4) is 0 Å². The lowest BCUT2D eigenvalue weighted by atomic mass is 9.96. The van der Waals surface area contributed by atoms with Crippen LogP contribution in [0.4, 0.5) is 13.2 Å². The highest BCUT2D eigenvalue weighted by Crippen LogP contribution is 2.43. The normalized spacial score (nSPS) is 11.4. The van der Waals surface area contributed by atoms with Gasteiger partial charge in [-0.1, -0.05) is 23.3 Å². The number of hydrogen-bond donors (Lipinski definition) is 2. The second-order valence-corrected chi connectivity index (χ2v) is 9.83. The van der Waals surface area contributed by atoms with Gasteiger partial charge in [0.25, 0.3) is 0 Å². The molecule has 3 aromatic rings. The first-order valence-electron chi connectivity index (χ1n) is 11.1. The van der Waals surface area contributed by atoms with Crippen LogP contribution in [0.1, 0.15) is 38.8 Å². The maximum Gasteiger partial charge on any atom is 0.446 e. The number of ether oxygens (including phenoxy) is 1. The van der Waals surface area contributed by atoms with Crippen LogP contribution < -0.4 is 10.2 Å². The van der Waals surface area contributed by atoms with Crippen LogP contribution in [0.15, 0.2) is 61.7 Å². The first-order valence-corrected chi connectivity index (χ1v) is 11.9. The Bertz CT molecular complexity index is 1390. The summed E-state index contributed by atoms with van der Waals surface area (Å²) >= 11 is -0.257.